The number of benzene rings is 1. The van der Waals surface area contributed by atoms with Gasteiger partial charge in [0.05, 0.1) is 14.2 Å². The lowest BCUT2D eigenvalue weighted by Gasteiger charge is -2.18. The van der Waals surface area contributed by atoms with Crippen LogP contribution in [0.2, 0.25) is 0 Å². The molecule has 1 aromatic rings. The Morgan fingerprint density at radius 2 is 1.88 bits per heavy atom. The van der Waals surface area contributed by atoms with Crippen LogP contribution in [0.1, 0.15) is 24.0 Å². The minimum Gasteiger partial charge on any atom is -0.492 e. The van der Waals surface area contributed by atoms with Gasteiger partial charge in [-0.2, -0.15) is 0 Å². The highest BCUT2D eigenvalue weighted by molar-refractivity contribution is 5.52. The molecule has 0 spiro atoms. The third-order valence-electron chi connectivity index (χ3n) is 3.35. The Morgan fingerprint density at radius 3 is 2.35 bits per heavy atom. The molecule has 0 heterocycles. The molecule has 0 atom stereocenters. The number of ether oxygens (including phenoxy) is 2. The van der Waals surface area contributed by atoms with Crippen LogP contribution in [0.25, 0.3) is 0 Å². The minimum atomic E-state index is -0.396. The molecule has 1 saturated carbocycles. The van der Waals surface area contributed by atoms with Crippen LogP contribution >= 0.6 is 0 Å². The SMILES string of the molecule is COc1c(F)cc(C)c(CC2(N)CC2)c1OC. The quantitative estimate of drug-likeness (QED) is 0.876. The molecule has 0 aliphatic heterocycles. The highest BCUT2D eigenvalue weighted by Crippen LogP contribution is 2.42. The largest absolute Gasteiger partial charge is 0.492 e. The van der Waals surface area contributed by atoms with Crippen LogP contribution in [0.15, 0.2) is 6.07 Å². The van der Waals surface area contributed by atoms with Gasteiger partial charge in [0.2, 0.25) is 0 Å². The first-order valence-electron chi connectivity index (χ1n) is 5.69. The zero-order chi connectivity index (χ0) is 12.6. The van der Waals surface area contributed by atoms with E-state index in [0.717, 1.165) is 24.0 Å². The van der Waals surface area contributed by atoms with E-state index in [1.807, 2.05) is 6.92 Å². The summed E-state index contributed by atoms with van der Waals surface area (Å²) in [5.74, 6) is 0.242. The Balaban J connectivity index is 2.48. The fourth-order valence-corrected chi connectivity index (χ4v) is 2.08. The molecule has 17 heavy (non-hydrogen) atoms. The molecule has 0 amide bonds. The molecule has 0 unspecified atom stereocenters. The molecule has 1 aliphatic carbocycles. The average Bonchev–Trinajstić information content (AvgIpc) is 3.00. The smallest absolute Gasteiger partial charge is 0.197 e. The van der Waals surface area contributed by atoms with E-state index in [-0.39, 0.29) is 11.3 Å². The van der Waals surface area contributed by atoms with Gasteiger partial charge in [-0.3, -0.25) is 0 Å². The highest BCUT2D eigenvalue weighted by atomic mass is 19.1. The second-order valence-corrected chi connectivity index (χ2v) is 4.76. The van der Waals surface area contributed by atoms with Crippen LogP contribution in [-0.2, 0) is 6.42 Å². The molecule has 2 rings (SSSR count). The lowest BCUT2D eigenvalue weighted by molar-refractivity contribution is 0.333. The van der Waals surface area contributed by atoms with E-state index in [1.54, 1.807) is 0 Å². The Kier molecular flexibility index (Phi) is 3.00. The van der Waals surface area contributed by atoms with E-state index < -0.39 is 5.82 Å². The topological polar surface area (TPSA) is 44.5 Å². The summed E-state index contributed by atoms with van der Waals surface area (Å²) in [5.41, 5.74) is 7.78. The van der Waals surface area contributed by atoms with E-state index in [1.165, 1.54) is 20.3 Å². The molecule has 4 heteroatoms. The Morgan fingerprint density at radius 1 is 1.29 bits per heavy atom. The minimum absolute atomic E-state index is 0.138. The second-order valence-electron chi connectivity index (χ2n) is 4.76. The maximum atomic E-state index is 13.7. The second kappa shape index (κ2) is 4.18. The van der Waals surface area contributed by atoms with Crippen molar-refractivity contribution in [3.8, 4) is 11.5 Å². The standard InChI is InChI=1S/C13H18FNO2/c1-8-6-10(14)12(17-3)11(16-2)9(8)7-13(15)4-5-13/h6H,4-5,7,15H2,1-3H3. The van der Waals surface area contributed by atoms with Gasteiger partial charge >= 0.3 is 0 Å². The third-order valence-corrected chi connectivity index (χ3v) is 3.35. The number of halogens is 1. The lowest BCUT2D eigenvalue weighted by atomic mass is 9.98. The molecule has 3 nitrogen and oxygen atoms in total. The number of rotatable bonds is 4. The summed E-state index contributed by atoms with van der Waals surface area (Å²) >= 11 is 0. The first-order chi connectivity index (χ1) is 8.00. The zero-order valence-corrected chi connectivity index (χ0v) is 10.5. The monoisotopic (exact) mass is 239 g/mol. The Bertz CT molecular complexity index is 442. The highest BCUT2D eigenvalue weighted by Gasteiger charge is 2.39. The van der Waals surface area contributed by atoms with Crippen molar-refractivity contribution in [1.82, 2.24) is 0 Å². The summed E-state index contributed by atoms with van der Waals surface area (Å²) in [7, 11) is 2.96. The predicted molar refractivity (Wildman–Crippen MR) is 64.1 cm³/mol. The fourth-order valence-electron chi connectivity index (χ4n) is 2.08. The van der Waals surface area contributed by atoms with E-state index in [2.05, 4.69) is 0 Å². The van der Waals surface area contributed by atoms with Crippen LogP contribution < -0.4 is 15.2 Å². The van der Waals surface area contributed by atoms with Gasteiger partial charge in [-0.25, -0.2) is 4.39 Å². The van der Waals surface area contributed by atoms with Gasteiger partial charge in [-0.1, -0.05) is 0 Å². The number of methoxy groups -OCH3 is 2. The number of hydrogen-bond donors (Lipinski definition) is 1. The molecule has 94 valence electrons. The molecule has 2 N–H and O–H groups in total. The summed E-state index contributed by atoms with van der Waals surface area (Å²) in [6.45, 7) is 1.87. The van der Waals surface area contributed by atoms with Gasteiger partial charge in [0.1, 0.15) is 0 Å². The first kappa shape index (κ1) is 12.2. The number of hydrogen-bond acceptors (Lipinski definition) is 3. The van der Waals surface area contributed by atoms with Gasteiger partial charge in [0.15, 0.2) is 17.3 Å². The molecule has 0 aromatic heterocycles. The molecule has 0 bridgehead atoms. The first-order valence-corrected chi connectivity index (χ1v) is 5.69. The van der Waals surface area contributed by atoms with Gasteiger partial charge in [0.25, 0.3) is 0 Å². The van der Waals surface area contributed by atoms with Crippen molar-refractivity contribution in [1.29, 1.82) is 0 Å². The van der Waals surface area contributed by atoms with Crippen molar-refractivity contribution in [2.75, 3.05) is 14.2 Å². The van der Waals surface area contributed by atoms with Crippen LogP contribution in [0.5, 0.6) is 11.5 Å². The maximum absolute atomic E-state index is 13.7. The normalized spacial score (nSPS) is 16.8. The molecule has 1 aliphatic rings. The molecular formula is C13H18FNO2. The summed E-state index contributed by atoms with van der Waals surface area (Å²) in [4.78, 5) is 0. The molecule has 1 aromatic carbocycles. The molecule has 0 radical (unpaired) electrons. The van der Waals surface area contributed by atoms with Crippen LogP contribution in [-0.4, -0.2) is 19.8 Å². The Hall–Kier alpha value is -1.29. The number of aryl methyl sites for hydroxylation is 1. The van der Waals surface area contributed by atoms with E-state index in [9.17, 15) is 4.39 Å². The zero-order valence-electron chi connectivity index (χ0n) is 10.5. The van der Waals surface area contributed by atoms with E-state index in [4.69, 9.17) is 15.2 Å². The van der Waals surface area contributed by atoms with Gasteiger partial charge in [0, 0.05) is 11.1 Å². The van der Waals surface area contributed by atoms with Gasteiger partial charge in [-0.15, -0.1) is 0 Å². The summed E-state index contributed by atoms with van der Waals surface area (Å²) in [6.07, 6.45) is 2.73. The maximum Gasteiger partial charge on any atom is 0.197 e. The van der Waals surface area contributed by atoms with Crippen molar-refractivity contribution >= 4 is 0 Å². The van der Waals surface area contributed by atoms with Gasteiger partial charge < -0.3 is 15.2 Å². The van der Waals surface area contributed by atoms with Crippen molar-refractivity contribution in [2.45, 2.75) is 31.7 Å². The molecule has 1 fully saturated rings. The van der Waals surface area contributed by atoms with Crippen molar-refractivity contribution in [3.63, 3.8) is 0 Å². The van der Waals surface area contributed by atoms with Crippen molar-refractivity contribution < 1.29 is 13.9 Å². The van der Waals surface area contributed by atoms with Gasteiger partial charge in [-0.05, 0) is 37.8 Å². The lowest BCUT2D eigenvalue weighted by Crippen LogP contribution is -2.25. The molecular weight excluding hydrogens is 221 g/mol. The van der Waals surface area contributed by atoms with Crippen LogP contribution in [0, 0.1) is 12.7 Å². The fraction of sp³-hybridized carbons (Fsp3) is 0.538. The van der Waals surface area contributed by atoms with Crippen molar-refractivity contribution in [2.24, 2.45) is 5.73 Å². The summed E-state index contributed by atoms with van der Waals surface area (Å²) < 4.78 is 24.0. The Labute approximate surface area is 101 Å². The predicted octanol–water partition coefficient (Wildman–Crippen LogP) is 2.19. The van der Waals surface area contributed by atoms with Crippen LogP contribution in [0.4, 0.5) is 4.39 Å². The number of nitrogens with two attached hydrogens (primary N) is 1. The summed E-state index contributed by atoms with van der Waals surface area (Å²) in [6, 6.07) is 1.47. The average molecular weight is 239 g/mol. The van der Waals surface area contributed by atoms with E-state index >= 15 is 0 Å². The molecule has 0 saturated heterocycles. The third kappa shape index (κ3) is 2.22. The van der Waals surface area contributed by atoms with Crippen molar-refractivity contribution in [3.05, 3.63) is 23.0 Å². The van der Waals surface area contributed by atoms with E-state index in [0.29, 0.717) is 12.2 Å². The summed E-state index contributed by atoms with van der Waals surface area (Å²) in [5, 5.41) is 0. The van der Waals surface area contributed by atoms with Crippen LogP contribution in [0.3, 0.4) is 0 Å².